The predicted molar refractivity (Wildman–Crippen MR) is 61.4 cm³/mol. The summed E-state index contributed by atoms with van der Waals surface area (Å²) in [4.78, 5) is 15.6. The smallest absolute Gasteiger partial charge is 0.226 e. The molecule has 4 nitrogen and oxygen atoms in total. The van der Waals surface area contributed by atoms with Crippen molar-refractivity contribution in [1.82, 2.24) is 4.98 Å². The Labute approximate surface area is 89.9 Å². The molecule has 0 atom stereocenters. The Kier molecular flexibility index (Phi) is 3.29. The Morgan fingerprint density at radius 3 is 2.73 bits per heavy atom. The Balaban J connectivity index is 2.64. The molecule has 0 radical (unpaired) electrons. The Morgan fingerprint density at radius 1 is 1.53 bits per heavy atom. The third-order valence-corrected chi connectivity index (χ3v) is 1.79. The molecule has 1 amide bonds. The van der Waals surface area contributed by atoms with Gasteiger partial charge in [-0.25, -0.2) is 4.98 Å². The summed E-state index contributed by atoms with van der Waals surface area (Å²) in [5.74, 6) is 0.375. The van der Waals surface area contributed by atoms with Gasteiger partial charge in [0.25, 0.3) is 0 Å². The van der Waals surface area contributed by atoms with Gasteiger partial charge in [-0.05, 0) is 17.5 Å². The van der Waals surface area contributed by atoms with Crippen LogP contribution in [0.3, 0.4) is 0 Å². The van der Waals surface area contributed by atoms with E-state index in [1.807, 2.05) is 20.8 Å². The summed E-state index contributed by atoms with van der Waals surface area (Å²) in [6, 6.07) is 3.44. The van der Waals surface area contributed by atoms with Gasteiger partial charge < -0.3 is 11.1 Å². The molecule has 15 heavy (non-hydrogen) atoms. The minimum absolute atomic E-state index is 0.0341. The van der Waals surface area contributed by atoms with Crippen LogP contribution in [0.25, 0.3) is 0 Å². The van der Waals surface area contributed by atoms with Crippen molar-refractivity contribution >= 4 is 17.4 Å². The number of aromatic nitrogens is 1. The van der Waals surface area contributed by atoms with Crippen LogP contribution in [0, 0.1) is 5.41 Å². The van der Waals surface area contributed by atoms with Crippen LogP contribution in [0.5, 0.6) is 0 Å². The lowest BCUT2D eigenvalue weighted by atomic mass is 9.92. The van der Waals surface area contributed by atoms with Gasteiger partial charge >= 0.3 is 0 Å². The van der Waals surface area contributed by atoms with E-state index in [2.05, 4.69) is 10.3 Å². The zero-order chi connectivity index (χ0) is 11.5. The number of nitrogens with two attached hydrogens (primary N) is 1. The van der Waals surface area contributed by atoms with E-state index in [1.165, 1.54) is 0 Å². The fraction of sp³-hybridized carbons (Fsp3) is 0.455. The van der Waals surface area contributed by atoms with Crippen molar-refractivity contribution < 1.29 is 4.79 Å². The lowest BCUT2D eigenvalue weighted by Crippen LogP contribution is -2.20. The standard InChI is InChI=1S/C11H17N3O/c1-11(2,3)7-9(15)14-10-8(12)5-4-6-13-10/h4-6H,7,12H2,1-3H3,(H,13,14,15). The minimum atomic E-state index is -0.0621. The molecule has 4 heteroatoms. The highest BCUT2D eigenvalue weighted by atomic mass is 16.1. The van der Waals surface area contributed by atoms with Gasteiger partial charge in [0.05, 0.1) is 5.69 Å². The van der Waals surface area contributed by atoms with Crippen molar-refractivity contribution in [3.8, 4) is 0 Å². The molecular formula is C11H17N3O. The molecule has 1 rings (SSSR count). The predicted octanol–water partition coefficient (Wildman–Crippen LogP) is 2.04. The van der Waals surface area contributed by atoms with Gasteiger partial charge in [-0.15, -0.1) is 0 Å². The lowest BCUT2D eigenvalue weighted by molar-refractivity contribution is -0.117. The molecule has 0 aliphatic carbocycles. The van der Waals surface area contributed by atoms with Crippen molar-refractivity contribution in [1.29, 1.82) is 0 Å². The molecule has 1 heterocycles. The van der Waals surface area contributed by atoms with Gasteiger partial charge in [0.2, 0.25) is 5.91 Å². The summed E-state index contributed by atoms with van der Waals surface area (Å²) in [6.45, 7) is 6.02. The van der Waals surface area contributed by atoms with Gasteiger partial charge in [0.1, 0.15) is 0 Å². The van der Waals surface area contributed by atoms with E-state index in [0.717, 1.165) is 0 Å². The summed E-state index contributed by atoms with van der Waals surface area (Å²) in [5.41, 5.74) is 6.11. The molecule has 0 aliphatic heterocycles. The third-order valence-electron chi connectivity index (χ3n) is 1.79. The van der Waals surface area contributed by atoms with Gasteiger partial charge in [-0.2, -0.15) is 0 Å². The second-order valence-corrected chi connectivity index (χ2v) is 4.73. The second-order valence-electron chi connectivity index (χ2n) is 4.73. The normalized spacial score (nSPS) is 11.1. The number of nitrogens with one attached hydrogen (secondary N) is 1. The molecule has 0 fully saturated rings. The monoisotopic (exact) mass is 207 g/mol. The number of nitrogens with zero attached hydrogens (tertiary/aromatic N) is 1. The number of amides is 1. The molecule has 0 bridgehead atoms. The average Bonchev–Trinajstić information content (AvgIpc) is 2.05. The number of carbonyl (C=O) groups excluding carboxylic acids is 1. The van der Waals surface area contributed by atoms with Crippen LogP contribution in [0.15, 0.2) is 18.3 Å². The molecule has 1 aromatic rings. The maximum atomic E-state index is 11.6. The molecule has 0 unspecified atom stereocenters. The molecule has 1 aromatic heterocycles. The topological polar surface area (TPSA) is 68.0 Å². The Morgan fingerprint density at radius 2 is 2.20 bits per heavy atom. The fourth-order valence-electron chi connectivity index (χ4n) is 1.18. The molecule has 82 valence electrons. The summed E-state index contributed by atoms with van der Waals surface area (Å²) in [6.07, 6.45) is 2.05. The molecule has 0 aromatic carbocycles. The van der Waals surface area contributed by atoms with E-state index in [4.69, 9.17) is 5.73 Å². The number of rotatable bonds is 2. The molecule has 0 saturated carbocycles. The van der Waals surface area contributed by atoms with Crippen molar-refractivity contribution in [3.05, 3.63) is 18.3 Å². The summed E-state index contributed by atoms with van der Waals surface area (Å²) >= 11 is 0. The first kappa shape index (κ1) is 11.5. The highest BCUT2D eigenvalue weighted by Gasteiger charge is 2.16. The van der Waals surface area contributed by atoms with Gasteiger partial charge in [0.15, 0.2) is 5.82 Å². The number of nitrogen functional groups attached to an aromatic ring is 1. The number of anilines is 2. The SMILES string of the molecule is CC(C)(C)CC(=O)Nc1ncccc1N. The van der Waals surface area contributed by atoms with Crippen LogP contribution >= 0.6 is 0 Å². The largest absolute Gasteiger partial charge is 0.396 e. The molecule has 0 spiro atoms. The van der Waals surface area contributed by atoms with Crippen LogP contribution < -0.4 is 11.1 Å². The summed E-state index contributed by atoms with van der Waals surface area (Å²) < 4.78 is 0. The van der Waals surface area contributed by atoms with E-state index in [1.54, 1.807) is 18.3 Å². The first-order valence-electron chi connectivity index (χ1n) is 4.89. The molecule has 3 N–H and O–H groups in total. The average molecular weight is 207 g/mol. The first-order chi connectivity index (χ1) is 6.88. The van der Waals surface area contributed by atoms with Crippen LogP contribution in [0.2, 0.25) is 0 Å². The number of hydrogen-bond acceptors (Lipinski definition) is 3. The highest BCUT2D eigenvalue weighted by molar-refractivity contribution is 5.92. The van der Waals surface area contributed by atoms with E-state index in [0.29, 0.717) is 17.9 Å². The van der Waals surface area contributed by atoms with Gasteiger partial charge in [-0.3, -0.25) is 4.79 Å². The van der Waals surface area contributed by atoms with Crippen molar-refractivity contribution in [2.75, 3.05) is 11.1 Å². The molecule has 0 aliphatic rings. The van der Waals surface area contributed by atoms with Crippen molar-refractivity contribution in [2.24, 2.45) is 5.41 Å². The van der Waals surface area contributed by atoms with Crippen LogP contribution in [-0.4, -0.2) is 10.9 Å². The minimum Gasteiger partial charge on any atom is -0.396 e. The second kappa shape index (κ2) is 4.29. The van der Waals surface area contributed by atoms with Crippen LogP contribution in [-0.2, 0) is 4.79 Å². The van der Waals surface area contributed by atoms with Crippen LogP contribution in [0.4, 0.5) is 11.5 Å². The Hall–Kier alpha value is -1.58. The van der Waals surface area contributed by atoms with E-state index >= 15 is 0 Å². The third kappa shape index (κ3) is 3.97. The maximum absolute atomic E-state index is 11.6. The maximum Gasteiger partial charge on any atom is 0.226 e. The zero-order valence-electron chi connectivity index (χ0n) is 9.37. The van der Waals surface area contributed by atoms with E-state index in [-0.39, 0.29) is 11.3 Å². The first-order valence-corrected chi connectivity index (χ1v) is 4.89. The zero-order valence-corrected chi connectivity index (χ0v) is 9.37. The fourth-order valence-corrected chi connectivity index (χ4v) is 1.18. The Bertz CT molecular complexity index is 355. The molecule has 0 saturated heterocycles. The van der Waals surface area contributed by atoms with E-state index in [9.17, 15) is 4.79 Å². The van der Waals surface area contributed by atoms with Crippen molar-refractivity contribution in [3.63, 3.8) is 0 Å². The van der Waals surface area contributed by atoms with E-state index < -0.39 is 0 Å². The summed E-state index contributed by atoms with van der Waals surface area (Å²) in [5, 5.41) is 2.69. The van der Waals surface area contributed by atoms with Gasteiger partial charge in [-0.1, -0.05) is 20.8 Å². The van der Waals surface area contributed by atoms with Crippen LogP contribution in [0.1, 0.15) is 27.2 Å². The number of hydrogen-bond donors (Lipinski definition) is 2. The van der Waals surface area contributed by atoms with Crippen molar-refractivity contribution in [2.45, 2.75) is 27.2 Å². The highest BCUT2D eigenvalue weighted by Crippen LogP contribution is 2.20. The van der Waals surface area contributed by atoms with Gasteiger partial charge in [0, 0.05) is 12.6 Å². The number of carbonyl (C=O) groups is 1. The quantitative estimate of drug-likeness (QED) is 0.779. The summed E-state index contributed by atoms with van der Waals surface area (Å²) in [7, 11) is 0. The lowest BCUT2D eigenvalue weighted by Gasteiger charge is -2.17. The number of pyridine rings is 1. The molecular weight excluding hydrogens is 190 g/mol.